The Balaban J connectivity index is 1.58. The van der Waals surface area contributed by atoms with Crippen LogP contribution in [-0.2, 0) is 15.8 Å². The van der Waals surface area contributed by atoms with Crippen molar-refractivity contribution in [3.05, 3.63) is 71.5 Å². The molecule has 1 aliphatic heterocycles. The first-order chi connectivity index (χ1) is 15.0. The minimum atomic E-state index is -2.03. The molecule has 0 radical (unpaired) electrons. The molecule has 1 aliphatic rings. The Kier molecular flexibility index (Phi) is 5.94. The summed E-state index contributed by atoms with van der Waals surface area (Å²) in [7, 11) is 1.74. The lowest BCUT2D eigenvalue weighted by Gasteiger charge is -2.14. The van der Waals surface area contributed by atoms with Gasteiger partial charge in [0.15, 0.2) is 22.6 Å². The van der Waals surface area contributed by atoms with Crippen molar-refractivity contribution < 1.29 is 13.5 Å². The zero-order valence-corrected chi connectivity index (χ0v) is 17.8. The molecule has 4 rings (SSSR count). The molecule has 10 heteroatoms. The second kappa shape index (κ2) is 8.80. The monoisotopic (exact) mass is 438 g/mol. The molecule has 2 heterocycles. The number of hydrazone groups is 1. The van der Waals surface area contributed by atoms with Crippen LogP contribution in [0.2, 0.25) is 0 Å². The van der Waals surface area contributed by atoms with Gasteiger partial charge in [0.1, 0.15) is 0 Å². The van der Waals surface area contributed by atoms with Crippen molar-refractivity contribution in [3.8, 4) is 11.3 Å². The van der Waals surface area contributed by atoms with Crippen molar-refractivity contribution in [2.75, 3.05) is 12.4 Å². The SMILES string of the molecule is CNc1ncc(-c2ccc(S(=O)O)cc2)nc1C1=NNC(c2ccc(C(C)N)cc2)O1. The first kappa shape index (κ1) is 20.9. The van der Waals surface area contributed by atoms with Gasteiger partial charge >= 0.3 is 0 Å². The molecule has 2 aromatic carbocycles. The number of rotatable bonds is 6. The summed E-state index contributed by atoms with van der Waals surface area (Å²) in [5.74, 6) is 0.832. The van der Waals surface area contributed by atoms with Crippen molar-refractivity contribution in [3.63, 3.8) is 0 Å². The van der Waals surface area contributed by atoms with Gasteiger partial charge in [-0.1, -0.05) is 36.4 Å². The lowest BCUT2D eigenvalue weighted by atomic mass is 10.1. The maximum Gasteiger partial charge on any atom is 0.263 e. The molecule has 31 heavy (non-hydrogen) atoms. The Morgan fingerprint density at radius 2 is 1.90 bits per heavy atom. The van der Waals surface area contributed by atoms with Crippen LogP contribution in [0.25, 0.3) is 11.3 Å². The van der Waals surface area contributed by atoms with E-state index in [9.17, 15) is 8.76 Å². The Hall–Kier alpha value is -3.34. The van der Waals surface area contributed by atoms with Crippen LogP contribution in [0.4, 0.5) is 5.82 Å². The van der Waals surface area contributed by atoms with Crippen LogP contribution in [0.1, 0.15) is 36.0 Å². The highest BCUT2D eigenvalue weighted by Crippen LogP contribution is 2.26. The van der Waals surface area contributed by atoms with Crippen LogP contribution in [0.5, 0.6) is 0 Å². The minimum Gasteiger partial charge on any atom is -0.445 e. The van der Waals surface area contributed by atoms with E-state index in [-0.39, 0.29) is 6.04 Å². The van der Waals surface area contributed by atoms with E-state index in [2.05, 4.69) is 25.8 Å². The van der Waals surface area contributed by atoms with E-state index in [0.29, 0.717) is 28.0 Å². The number of hydrogen-bond donors (Lipinski definition) is 4. The normalized spacial score (nSPS) is 17.3. The van der Waals surface area contributed by atoms with Gasteiger partial charge in [0.05, 0.1) is 16.8 Å². The van der Waals surface area contributed by atoms with E-state index < -0.39 is 17.3 Å². The highest BCUT2D eigenvalue weighted by molar-refractivity contribution is 7.79. The summed E-state index contributed by atoms with van der Waals surface area (Å²) < 4.78 is 26.4. The lowest BCUT2D eigenvalue weighted by Crippen LogP contribution is -2.14. The van der Waals surface area contributed by atoms with E-state index in [4.69, 9.17) is 10.5 Å². The number of nitrogens with one attached hydrogen (secondary N) is 2. The van der Waals surface area contributed by atoms with E-state index in [1.54, 1.807) is 37.5 Å². The highest BCUT2D eigenvalue weighted by Gasteiger charge is 2.26. The summed E-state index contributed by atoms with van der Waals surface area (Å²) in [4.78, 5) is 9.39. The first-order valence-corrected chi connectivity index (χ1v) is 10.7. The number of ether oxygens (including phenoxy) is 1. The smallest absolute Gasteiger partial charge is 0.263 e. The van der Waals surface area contributed by atoms with Crippen LogP contribution in [0, 0.1) is 0 Å². The summed E-state index contributed by atoms with van der Waals surface area (Å²) in [5, 5.41) is 7.31. The highest BCUT2D eigenvalue weighted by atomic mass is 32.2. The third-order valence-electron chi connectivity index (χ3n) is 4.84. The second-order valence-corrected chi connectivity index (χ2v) is 7.94. The molecular formula is C21H22N6O3S. The number of hydrogen-bond acceptors (Lipinski definition) is 8. The quantitative estimate of drug-likeness (QED) is 0.432. The molecule has 9 nitrogen and oxygen atoms in total. The number of anilines is 1. The molecule has 1 aromatic heterocycles. The molecular weight excluding hydrogens is 416 g/mol. The van der Waals surface area contributed by atoms with Crippen molar-refractivity contribution in [1.29, 1.82) is 0 Å². The van der Waals surface area contributed by atoms with E-state index >= 15 is 0 Å². The summed E-state index contributed by atoms with van der Waals surface area (Å²) in [5.41, 5.74) is 12.6. The van der Waals surface area contributed by atoms with Crippen molar-refractivity contribution >= 4 is 22.8 Å². The Morgan fingerprint density at radius 3 is 2.52 bits per heavy atom. The fourth-order valence-corrected chi connectivity index (χ4v) is 3.48. The second-order valence-electron chi connectivity index (χ2n) is 6.98. The van der Waals surface area contributed by atoms with Gasteiger partial charge < -0.3 is 20.3 Å². The number of nitrogens with two attached hydrogens (primary N) is 1. The van der Waals surface area contributed by atoms with Gasteiger partial charge in [-0.3, -0.25) is 5.43 Å². The van der Waals surface area contributed by atoms with Crippen LogP contribution in [0.15, 0.2) is 64.7 Å². The summed E-state index contributed by atoms with van der Waals surface area (Å²) in [6.45, 7) is 1.93. The fraction of sp³-hybridized carbons (Fsp3) is 0.190. The van der Waals surface area contributed by atoms with Crippen molar-refractivity contribution in [2.45, 2.75) is 24.1 Å². The molecule has 160 valence electrons. The largest absolute Gasteiger partial charge is 0.445 e. The van der Waals surface area contributed by atoms with Crippen LogP contribution in [0.3, 0.4) is 0 Å². The number of nitrogens with zero attached hydrogens (tertiary/aromatic N) is 3. The Morgan fingerprint density at radius 1 is 1.19 bits per heavy atom. The van der Waals surface area contributed by atoms with Gasteiger partial charge in [0.2, 0.25) is 6.23 Å². The predicted molar refractivity (Wildman–Crippen MR) is 119 cm³/mol. The third kappa shape index (κ3) is 4.41. The van der Waals surface area contributed by atoms with Crippen molar-refractivity contribution in [1.82, 2.24) is 15.4 Å². The molecule has 0 bridgehead atoms. The molecule has 0 amide bonds. The summed E-state index contributed by atoms with van der Waals surface area (Å²) in [6.07, 6.45) is 1.17. The molecule has 5 N–H and O–H groups in total. The van der Waals surface area contributed by atoms with E-state index in [0.717, 1.165) is 16.7 Å². The van der Waals surface area contributed by atoms with Crippen LogP contribution < -0.4 is 16.5 Å². The van der Waals surface area contributed by atoms with Gasteiger partial charge in [-0.05, 0) is 24.6 Å². The molecule has 0 saturated heterocycles. The molecule has 0 saturated carbocycles. The molecule has 3 aromatic rings. The third-order valence-corrected chi connectivity index (χ3v) is 5.52. The van der Waals surface area contributed by atoms with Gasteiger partial charge in [-0.15, -0.1) is 5.10 Å². The predicted octanol–water partition coefficient (Wildman–Crippen LogP) is 2.77. The Bertz CT molecular complexity index is 1130. The van der Waals surface area contributed by atoms with Crippen LogP contribution in [-0.4, -0.2) is 31.7 Å². The van der Waals surface area contributed by atoms with Gasteiger partial charge in [-0.2, -0.15) is 0 Å². The molecule has 0 aliphatic carbocycles. The number of benzene rings is 2. The summed E-state index contributed by atoms with van der Waals surface area (Å²) in [6, 6.07) is 14.4. The number of aromatic nitrogens is 2. The summed E-state index contributed by atoms with van der Waals surface area (Å²) >= 11 is -2.03. The van der Waals surface area contributed by atoms with Gasteiger partial charge in [-0.25, -0.2) is 14.2 Å². The Labute approximate surface area is 182 Å². The molecule has 3 atom stereocenters. The van der Waals surface area contributed by atoms with Crippen LogP contribution >= 0.6 is 0 Å². The molecule has 0 spiro atoms. The first-order valence-electron chi connectivity index (χ1n) is 9.58. The average Bonchev–Trinajstić information content (AvgIpc) is 3.29. The lowest BCUT2D eigenvalue weighted by molar-refractivity contribution is 0.191. The maximum absolute atomic E-state index is 11.2. The van der Waals surface area contributed by atoms with Gasteiger partial charge in [0, 0.05) is 24.2 Å². The zero-order valence-electron chi connectivity index (χ0n) is 16.9. The standard InChI is InChI=1S/C21H22N6O3S/c1-12(22)13-3-5-15(6-4-13)20-26-27-21(30-20)18-19(23-2)24-11-17(25-18)14-7-9-16(10-8-14)31(28)29/h3-12,20,26H,22H2,1-2H3,(H,23,24)(H,28,29). The minimum absolute atomic E-state index is 0.0408. The fourth-order valence-electron chi connectivity index (χ4n) is 3.11. The van der Waals surface area contributed by atoms with Crippen molar-refractivity contribution in [2.24, 2.45) is 10.8 Å². The van der Waals surface area contributed by atoms with E-state index in [1.165, 1.54) is 0 Å². The molecule has 3 unspecified atom stereocenters. The average molecular weight is 439 g/mol. The maximum atomic E-state index is 11.2. The van der Waals surface area contributed by atoms with Gasteiger partial charge in [0.25, 0.3) is 5.90 Å². The molecule has 0 fully saturated rings. The zero-order chi connectivity index (χ0) is 22.0. The topological polar surface area (TPSA) is 135 Å². The van der Waals surface area contributed by atoms with E-state index in [1.807, 2.05) is 31.2 Å².